The van der Waals surface area contributed by atoms with Crippen molar-refractivity contribution >= 4 is 5.71 Å². The molecule has 1 aromatic heterocycles. The lowest BCUT2D eigenvalue weighted by molar-refractivity contribution is 0.401. The summed E-state index contributed by atoms with van der Waals surface area (Å²) in [5.41, 5.74) is 2.61. The Balaban J connectivity index is 1.78. The van der Waals surface area contributed by atoms with Gasteiger partial charge in [0.15, 0.2) is 0 Å². The van der Waals surface area contributed by atoms with Gasteiger partial charge in [-0.25, -0.2) is 9.36 Å². The van der Waals surface area contributed by atoms with E-state index in [1.54, 1.807) is 42.5 Å². The molecule has 2 aromatic carbocycles. The molecular formula is C20H18N4O5. The average molecular weight is 394 g/mol. The Bertz CT molecular complexity index is 1230. The second kappa shape index (κ2) is 7.19. The number of H-pyrrole nitrogens is 1. The Morgan fingerprint density at radius 1 is 1.14 bits per heavy atom. The number of benzene rings is 2. The number of nitrogens with zero attached hydrogens (tertiary/aromatic N) is 2. The molecule has 2 heterocycles. The van der Waals surface area contributed by atoms with Crippen LogP contribution in [0.25, 0.3) is 5.69 Å². The Morgan fingerprint density at radius 2 is 1.93 bits per heavy atom. The summed E-state index contributed by atoms with van der Waals surface area (Å²) in [6, 6.07) is 13.0. The summed E-state index contributed by atoms with van der Waals surface area (Å²) < 4.78 is 6.23. The number of aromatic nitrogens is 2. The zero-order valence-corrected chi connectivity index (χ0v) is 15.4. The smallest absolute Gasteiger partial charge is 0.335 e. The van der Waals surface area contributed by atoms with Crippen LogP contribution in [0.5, 0.6) is 17.4 Å². The van der Waals surface area contributed by atoms with Crippen LogP contribution in [0, 0.1) is 0 Å². The van der Waals surface area contributed by atoms with Gasteiger partial charge in [-0.1, -0.05) is 24.3 Å². The van der Waals surface area contributed by atoms with E-state index in [-0.39, 0.29) is 29.5 Å². The predicted octanol–water partition coefficient (Wildman–Crippen LogP) is 1.38. The first kappa shape index (κ1) is 18.4. The van der Waals surface area contributed by atoms with Crippen molar-refractivity contribution in [3.8, 4) is 23.1 Å². The number of hydrazone groups is 1. The highest BCUT2D eigenvalue weighted by Crippen LogP contribution is 2.30. The highest BCUT2D eigenvalue weighted by Gasteiger charge is 2.28. The van der Waals surface area contributed by atoms with Gasteiger partial charge in [0.2, 0.25) is 5.88 Å². The molecule has 1 aliphatic heterocycles. The largest absolute Gasteiger partial charge is 0.508 e. The normalized spacial score (nSPS) is 15.6. The van der Waals surface area contributed by atoms with Gasteiger partial charge in [0.25, 0.3) is 5.56 Å². The maximum Gasteiger partial charge on any atom is 0.335 e. The van der Waals surface area contributed by atoms with Gasteiger partial charge in [0.1, 0.15) is 17.1 Å². The quantitative estimate of drug-likeness (QED) is 0.529. The summed E-state index contributed by atoms with van der Waals surface area (Å²) in [7, 11) is 1.44. The van der Waals surface area contributed by atoms with Gasteiger partial charge < -0.3 is 20.4 Å². The molecule has 1 aliphatic rings. The first-order valence-corrected chi connectivity index (χ1v) is 8.82. The van der Waals surface area contributed by atoms with Gasteiger partial charge in [0, 0.05) is 6.42 Å². The van der Waals surface area contributed by atoms with Crippen LogP contribution in [0.3, 0.4) is 0 Å². The summed E-state index contributed by atoms with van der Waals surface area (Å²) in [4.78, 5) is 27.1. The van der Waals surface area contributed by atoms with E-state index in [0.29, 0.717) is 11.5 Å². The number of nitrogens with one attached hydrogen (secondary N) is 2. The van der Waals surface area contributed by atoms with Crippen molar-refractivity contribution in [1.82, 2.24) is 15.0 Å². The van der Waals surface area contributed by atoms with E-state index in [1.807, 2.05) is 6.07 Å². The molecule has 4 rings (SSSR count). The number of methoxy groups -OCH3 is 1. The lowest BCUT2D eigenvalue weighted by Crippen LogP contribution is -2.33. The molecule has 0 saturated carbocycles. The molecule has 0 spiro atoms. The fourth-order valence-electron chi connectivity index (χ4n) is 3.36. The Hall–Kier alpha value is -4.01. The molecular weight excluding hydrogens is 376 g/mol. The number of phenols is 1. The minimum absolute atomic E-state index is 0.106. The van der Waals surface area contributed by atoms with E-state index in [2.05, 4.69) is 15.5 Å². The van der Waals surface area contributed by atoms with Gasteiger partial charge in [0.05, 0.1) is 24.6 Å². The molecule has 0 bridgehead atoms. The van der Waals surface area contributed by atoms with E-state index >= 15 is 0 Å². The molecule has 0 fully saturated rings. The number of aromatic hydroxyl groups is 2. The summed E-state index contributed by atoms with van der Waals surface area (Å²) in [5, 5.41) is 24.7. The molecule has 29 heavy (non-hydrogen) atoms. The predicted molar refractivity (Wildman–Crippen MR) is 106 cm³/mol. The van der Waals surface area contributed by atoms with Crippen LogP contribution in [0.1, 0.15) is 23.6 Å². The third-order valence-electron chi connectivity index (χ3n) is 4.73. The second-order valence-corrected chi connectivity index (χ2v) is 6.50. The molecule has 0 amide bonds. The van der Waals surface area contributed by atoms with E-state index in [0.717, 1.165) is 10.1 Å². The van der Waals surface area contributed by atoms with Crippen LogP contribution in [0.2, 0.25) is 0 Å². The summed E-state index contributed by atoms with van der Waals surface area (Å²) in [6.07, 6.45) is 0.282. The first-order chi connectivity index (χ1) is 14.0. The Morgan fingerprint density at radius 3 is 2.69 bits per heavy atom. The third-order valence-corrected chi connectivity index (χ3v) is 4.73. The van der Waals surface area contributed by atoms with Crippen LogP contribution >= 0.6 is 0 Å². The third kappa shape index (κ3) is 3.22. The van der Waals surface area contributed by atoms with Gasteiger partial charge >= 0.3 is 5.69 Å². The number of phenolic OH excluding ortho intramolecular Hbond substituents is 1. The Kier molecular flexibility index (Phi) is 4.55. The first-order valence-electron chi connectivity index (χ1n) is 8.82. The molecule has 0 radical (unpaired) electrons. The van der Waals surface area contributed by atoms with E-state index in [9.17, 15) is 19.8 Å². The summed E-state index contributed by atoms with van der Waals surface area (Å²) >= 11 is 0. The van der Waals surface area contributed by atoms with Gasteiger partial charge in [-0.15, -0.1) is 0 Å². The summed E-state index contributed by atoms with van der Waals surface area (Å²) in [5.74, 6) is -0.0597. The van der Waals surface area contributed by atoms with Crippen LogP contribution in [0.4, 0.5) is 0 Å². The molecule has 0 aliphatic carbocycles. The molecule has 3 aromatic rings. The average Bonchev–Trinajstić information content (AvgIpc) is 3.18. The zero-order valence-electron chi connectivity index (χ0n) is 15.4. The van der Waals surface area contributed by atoms with E-state index < -0.39 is 17.1 Å². The highest BCUT2D eigenvalue weighted by atomic mass is 16.5. The second-order valence-electron chi connectivity index (χ2n) is 6.50. The zero-order chi connectivity index (χ0) is 20.5. The fourth-order valence-corrected chi connectivity index (χ4v) is 3.36. The highest BCUT2D eigenvalue weighted by molar-refractivity contribution is 6.03. The topological polar surface area (TPSA) is 129 Å². The maximum atomic E-state index is 12.5. The number of hydrogen-bond acceptors (Lipinski definition) is 7. The number of ether oxygens (including phenoxy) is 1. The molecule has 148 valence electrons. The lowest BCUT2D eigenvalue weighted by atomic mass is 10.00. The molecule has 0 unspecified atom stereocenters. The SMILES string of the molecule is COc1ccccc1-n1c(O)c(C2=NN[C@H](c3cccc(O)c3)C2)c(=O)[nH]c1=O. The Labute approximate surface area is 164 Å². The van der Waals surface area contributed by atoms with Crippen molar-refractivity contribution in [2.24, 2.45) is 5.10 Å². The van der Waals surface area contributed by atoms with Gasteiger partial charge in [-0.05, 0) is 29.8 Å². The van der Waals surface area contributed by atoms with Crippen molar-refractivity contribution in [2.75, 3.05) is 7.11 Å². The molecule has 0 saturated heterocycles. The van der Waals surface area contributed by atoms with Crippen molar-refractivity contribution in [1.29, 1.82) is 0 Å². The van der Waals surface area contributed by atoms with E-state index in [1.165, 1.54) is 7.11 Å². The van der Waals surface area contributed by atoms with Crippen molar-refractivity contribution in [2.45, 2.75) is 12.5 Å². The fraction of sp³-hybridized carbons (Fsp3) is 0.150. The summed E-state index contributed by atoms with van der Waals surface area (Å²) in [6.45, 7) is 0. The molecule has 9 nitrogen and oxygen atoms in total. The number of hydrogen-bond donors (Lipinski definition) is 4. The van der Waals surface area contributed by atoms with Crippen LogP contribution < -0.4 is 21.4 Å². The van der Waals surface area contributed by atoms with E-state index in [4.69, 9.17) is 4.74 Å². The number of rotatable bonds is 4. The number of para-hydroxylation sites is 2. The maximum absolute atomic E-state index is 12.5. The van der Waals surface area contributed by atoms with Gasteiger partial charge in [-0.2, -0.15) is 5.10 Å². The standard InChI is InChI=1S/C20H18N4O5/c1-29-16-8-3-2-7-15(16)24-19(27)17(18(26)21-20(24)28)14-10-13(22-23-14)11-5-4-6-12(25)9-11/h2-9,13,22,25,27H,10H2,1H3,(H,21,26,28)/t13-/m0/s1. The monoisotopic (exact) mass is 394 g/mol. The lowest BCUT2D eigenvalue weighted by Gasteiger charge is -2.14. The van der Waals surface area contributed by atoms with Crippen molar-refractivity contribution < 1.29 is 14.9 Å². The molecule has 4 N–H and O–H groups in total. The molecule has 9 heteroatoms. The van der Waals surface area contributed by atoms with Crippen molar-refractivity contribution in [3.05, 3.63) is 80.5 Å². The van der Waals surface area contributed by atoms with Crippen molar-refractivity contribution in [3.63, 3.8) is 0 Å². The van der Waals surface area contributed by atoms with Crippen LogP contribution in [-0.4, -0.2) is 32.6 Å². The number of aromatic amines is 1. The van der Waals surface area contributed by atoms with Crippen LogP contribution in [-0.2, 0) is 0 Å². The minimum atomic E-state index is -0.795. The van der Waals surface area contributed by atoms with Crippen LogP contribution in [0.15, 0.2) is 63.2 Å². The van der Waals surface area contributed by atoms with Gasteiger partial charge in [-0.3, -0.25) is 9.78 Å². The minimum Gasteiger partial charge on any atom is -0.508 e. The molecule has 1 atom stereocenters.